The Morgan fingerprint density at radius 1 is 1.59 bits per heavy atom. The van der Waals surface area contributed by atoms with Crippen LogP contribution in [-0.4, -0.2) is 62.9 Å². The van der Waals surface area contributed by atoms with E-state index in [1.54, 1.807) is 0 Å². The maximum atomic E-state index is 11.7. The van der Waals surface area contributed by atoms with Crippen LogP contribution in [0.5, 0.6) is 0 Å². The molecule has 0 radical (unpaired) electrons. The summed E-state index contributed by atoms with van der Waals surface area (Å²) in [4.78, 5) is 25.3. The Hall–Kier alpha value is -1.59. The fourth-order valence-corrected chi connectivity index (χ4v) is 2.76. The van der Waals surface area contributed by atoms with Gasteiger partial charge in [0.25, 0.3) is 5.56 Å². The Labute approximate surface area is 129 Å². The lowest BCUT2D eigenvalue weighted by molar-refractivity contribution is -0.175. The minimum Gasteiger partial charge on any atom is -0.469 e. The minimum atomic E-state index is -1.79. The summed E-state index contributed by atoms with van der Waals surface area (Å²) in [5.74, 6) is -0.724. The summed E-state index contributed by atoms with van der Waals surface area (Å²) in [5, 5.41) is 29.6. The molecule has 0 spiro atoms. The summed E-state index contributed by atoms with van der Waals surface area (Å²) in [6, 6.07) is 1.13. The third-order valence-electron chi connectivity index (χ3n) is 3.56. The topological polar surface area (TPSA) is 134 Å². The SMILES string of the molecule is COC(=O)C[C@@]1(n2ccc(=O)[nH]c2=S)O[C@H](CO)[C@@H](O)[C@H]1O. The molecule has 1 saturated heterocycles. The van der Waals surface area contributed by atoms with Crippen molar-refractivity contribution >= 4 is 18.2 Å². The highest BCUT2D eigenvalue weighted by Gasteiger charge is 2.56. The van der Waals surface area contributed by atoms with Crippen molar-refractivity contribution in [3.8, 4) is 0 Å². The zero-order chi connectivity index (χ0) is 16.5. The van der Waals surface area contributed by atoms with E-state index >= 15 is 0 Å². The van der Waals surface area contributed by atoms with Gasteiger partial charge in [0.2, 0.25) is 0 Å². The molecule has 0 aliphatic carbocycles. The van der Waals surface area contributed by atoms with E-state index in [2.05, 4.69) is 9.72 Å². The van der Waals surface area contributed by atoms with Gasteiger partial charge < -0.3 is 24.8 Å². The number of hydrogen-bond donors (Lipinski definition) is 4. The van der Waals surface area contributed by atoms with E-state index < -0.39 is 48.6 Å². The van der Waals surface area contributed by atoms with Gasteiger partial charge in [0.1, 0.15) is 18.3 Å². The van der Waals surface area contributed by atoms with Gasteiger partial charge in [-0.15, -0.1) is 0 Å². The first-order chi connectivity index (χ1) is 10.4. The Morgan fingerprint density at radius 2 is 2.27 bits per heavy atom. The fraction of sp³-hybridized carbons (Fsp3) is 0.583. The van der Waals surface area contributed by atoms with Crippen LogP contribution in [0.3, 0.4) is 0 Å². The molecule has 4 N–H and O–H groups in total. The Bertz CT molecular complexity index is 672. The average Bonchev–Trinajstić information content (AvgIpc) is 2.72. The molecule has 0 unspecified atom stereocenters. The summed E-state index contributed by atoms with van der Waals surface area (Å²) in [5.41, 5.74) is -2.26. The molecule has 1 aliphatic heterocycles. The lowest BCUT2D eigenvalue weighted by atomic mass is 9.99. The van der Waals surface area contributed by atoms with Crippen molar-refractivity contribution in [2.24, 2.45) is 0 Å². The van der Waals surface area contributed by atoms with Crippen LogP contribution < -0.4 is 5.56 Å². The third-order valence-corrected chi connectivity index (χ3v) is 3.86. The molecule has 4 atom stereocenters. The summed E-state index contributed by atoms with van der Waals surface area (Å²) in [7, 11) is 1.16. The Balaban J connectivity index is 2.58. The van der Waals surface area contributed by atoms with Crippen molar-refractivity contribution in [1.82, 2.24) is 9.55 Å². The molecular weight excluding hydrogens is 316 g/mol. The monoisotopic (exact) mass is 332 g/mol. The number of methoxy groups -OCH3 is 1. The first kappa shape index (κ1) is 16.8. The number of aromatic nitrogens is 2. The van der Waals surface area contributed by atoms with Crippen LogP contribution in [-0.2, 0) is 20.0 Å². The number of aliphatic hydroxyl groups is 3. The van der Waals surface area contributed by atoms with Crippen molar-refractivity contribution in [3.63, 3.8) is 0 Å². The molecule has 10 heteroatoms. The molecule has 0 bridgehead atoms. The van der Waals surface area contributed by atoms with Crippen molar-refractivity contribution in [2.45, 2.75) is 30.5 Å². The fourth-order valence-electron chi connectivity index (χ4n) is 2.44. The predicted molar refractivity (Wildman–Crippen MR) is 74.5 cm³/mol. The number of aromatic amines is 1. The quantitative estimate of drug-likeness (QED) is 0.376. The zero-order valence-electron chi connectivity index (χ0n) is 11.6. The number of ether oxygens (including phenoxy) is 2. The predicted octanol–water partition coefficient (Wildman–Crippen LogP) is -1.77. The lowest BCUT2D eigenvalue weighted by Gasteiger charge is -2.33. The second kappa shape index (κ2) is 6.26. The standard InChI is InChI=1S/C12H16N2O7S/c1-20-8(17)4-12(10(19)9(18)6(5-15)21-12)14-3-2-7(16)13-11(14)22/h2-3,6,9-10,15,18-19H,4-5H2,1H3,(H,13,16,22)/t6-,9-,10-,12-/m1/s1. The molecule has 1 aliphatic rings. The third kappa shape index (κ3) is 2.71. The number of carbonyl (C=O) groups excluding carboxylic acids is 1. The van der Waals surface area contributed by atoms with Gasteiger partial charge in [-0.05, 0) is 12.2 Å². The molecule has 0 aromatic carbocycles. The van der Waals surface area contributed by atoms with E-state index in [0.29, 0.717) is 0 Å². The summed E-state index contributed by atoms with van der Waals surface area (Å²) >= 11 is 5.02. The number of rotatable bonds is 4. The number of H-pyrrole nitrogens is 1. The van der Waals surface area contributed by atoms with E-state index in [9.17, 15) is 24.9 Å². The number of carbonyl (C=O) groups is 1. The Kier molecular flexibility index (Phi) is 4.78. The van der Waals surface area contributed by atoms with Crippen LogP contribution >= 0.6 is 12.2 Å². The molecule has 1 aromatic rings. The highest BCUT2D eigenvalue weighted by molar-refractivity contribution is 7.71. The van der Waals surface area contributed by atoms with Gasteiger partial charge in [0, 0.05) is 12.3 Å². The average molecular weight is 332 g/mol. The molecular formula is C12H16N2O7S. The van der Waals surface area contributed by atoms with E-state index in [4.69, 9.17) is 17.0 Å². The second-order valence-electron chi connectivity index (χ2n) is 4.85. The van der Waals surface area contributed by atoms with E-state index in [-0.39, 0.29) is 4.77 Å². The van der Waals surface area contributed by atoms with E-state index in [1.165, 1.54) is 6.20 Å². The molecule has 122 valence electrons. The van der Waals surface area contributed by atoms with Gasteiger partial charge >= 0.3 is 5.97 Å². The molecule has 1 aromatic heterocycles. The second-order valence-corrected chi connectivity index (χ2v) is 5.24. The number of esters is 1. The minimum absolute atomic E-state index is 0.110. The highest BCUT2D eigenvalue weighted by Crippen LogP contribution is 2.38. The van der Waals surface area contributed by atoms with Crippen LogP contribution in [0.2, 0.25) is 0 Å². The maximum Gasteiger partial charge on any atom is 0.310 e. The molecule has 1 fully saturated rings. The van der Waals surface area contributed by atoms with Gasteiger partial charge in [-0.25, -0.2) is 0 Å². The van der Waals surface area contributed by atoms with Gasteiger partial charge in [-0.3, -0.25) is 19.1 Å². The van der Waals surface area contributed by atoms with Crippen LogP contribution in [0, 0.1) is 4.77 Å². The molecule has 0 saturated carbocycles. The van der Waals surface area contributed by atoms with Crippen LogP contribution in [0.4, 0.5) is 0 Å². The van der Waals surface area contributed by atoms with Gasteiger partial charge in [0.05, 0.1) is 20.1 Å². The molecule has 22 heavy (non-hydrogen) atoms. The molecule has 2 heterocycles. The molecule has 2 rings (SSSR count). The first-order valence-electron chi connectivity index (χ1n) is 6.40. The number of hydrogen-bond acceptors (Lipinski definition) is 8. The van der Waals surface area contributed by atoms with Gasteiger partial charge in [-0.1, -0.05) is 0 Å². The van der Waals surface area contributed by atoms with Crippen LogP contribution in [0.15, 0.2) is 17.1 Å². The van der Waals surface area contributed by atoms with Crippen molar-refractivity contribution in [3.05, 3.63) is 27.4 Å². The number of nitrogens with zero attached hydrogens (tertiary/aromatic N) is 1. The van der Waals surface area contributed by atoms with E-state index in [0.717, 1.165) is 17.7 Å². The number of aliphatic hydroxyl groups excluding tert-OH is 3. The summed E-state index contributed by atoms with van der Waals surface area (Å²) < 4.78 is 11.2. The number of nitrogens with one attached hydrogen (secondary N) is 1. The van der Waals surface area contributed by atoms with Crippen molar-refractivity contribution in [1.29, 1.82) is 0 Å². The Morgan fingerprint density at radius 3 is 2.77 bits per heavy atom. The molecule has 9 nitrogen and oxygen atoms in total. The molecule has 0 amide bonds. The summed E-state index contributed by atoms with van der Waals surface area (Å²) in [6.45, 7) is -0.572. The maximum absolute atomic E-state index is 11.7. The zero-order valence-corrected chi connectivity index (χ0v) is 12.4. The van der Waals surface area contributed by atoms with Crippen molar-refractivity contribution in [2.75, 3.05) is 13.7 Å². The first-order valence-corrected chi connectivity index (χ1v) is 6.80. The largest absolute Gasteiger partial charge is 0.469 e. The normalized spacial score (nSPS) is 31.2. The highest BCUT2D eigenvalue weighted by atomic mass is 32.1. The summed E-state index contributed by atoms with van der Waals surface area (Å²) in [6.07, 6.45) is -3.36. The van der Waals surface area contributed by atoms with Crippen LogP contribution in [0.25, 0.3) is 0 Å². The smallest absolute Gasteiger partial charge is 0.310 e. The van der Waals surface area contributed by atoms with Gasteiger partial charge in [0.15, 0.2) is 10.5 Å². The van der Waals surface area contributed by atoms with Crippen molar-refractivity contribution < 1.29 is 29.6 Å². The van der Waals surface area contributed by atoms with Crippen LogP contribution in [0.1, 0.15) is 6.42 Å². The van der Waals surface area contributed by atoms with E-state index in [1.807, 2.05) is 0 Å². The van der Waals surface area contributed by atoms with Gasteiger partial charge in [-0.2, -0.15) is 0 Å². The lowest BCUT2D eigenvalue weighted by Crippen LogP contribution is -2.48.